The maximum absolute atomic E-state index is 15.0. The lowest BCUT2D eigenvalue weighted by Gasteiger charge is -2.28. The average molecular weight is 531 g/mol. The van der Waals surface area contributed by atoms with Crippen LogP contribution in [0.3, 0.4) is 0 Å². The normalized spacial score (nSPS) is 18.4. The molecule has 3 heterocycles. The predicted octanol–water partition coefficient (Wildman–Crippen LogP) is 6.23. The van der Waals surface area contributed by atoms with E-state index in [-0.39, 0.29) is 24.1 Å². The minimum absolute atomic E-state index is 0.0237. The molecule has 0 radical (unpaired) electrons. The van der Waals surface area contributed by atoms with Gasteiger partial charge in [-0.1, -0.05) is 37.2 Å². The zero-order valence-electron chi connectivity index (χ0n) is 22.0. The Morgan fingerprint density at radius 2 is 2.03 bits per heavy atom. The zero-order valence-corrected chi connectivity index (χ0v) is 22.0. The number of rotatable bonds is 5. The number of benzene rings is 2. The van der Waals surface area contributed by atoms with Crippen LogP contribution < -0.4 is 10.5 Å². The summed E-state index contributed by atoms with van der Waals surface area (Å²) in [5.74, 6) is -1.58. The highest BCUT2D eigenvalue weighted by molar-refractivity contribution is 5.99. The summed E-state index contributed by atoms with van der Waals surface area (Å²) in [7, 11) is 0. The molecule has 1 aliphatic carbocycles. The van der Waals surface area contributed by atoms with Crippen LogP contribution in [0, 0.1) is 17.6 Å². The number of fused-ring (bicyclic) bond motifs is 2. The van der Waals surface area contributed by atoms with Crippen LogP contribution in [-0.4, -0.2) is 26.3 Å². The molecule has 2 aromatic carbocycles. The number of aromatic amines is 1. The van der Waals surface area contributed by atoms with E-state index in [1.807, 2.05) is 18.2 Å². The van der Waals surface area contributed by atoms with E-state index in [1.54, 1.807) is 6.92 Å². The summed E-state index contributed by atoms with van der Waals surface area (Å²) in [6, 6.07) is 10.7. The molecular weight excluding hydrogens is 502 g/mol. The monoisotopic (exact) mass is 530 g/mol. The van der Waals surface area contributed by atoms with Gasteiger partial charge >= 0.3 is 5.76 Å². The van der Waals surface area contributed by atoms with Gasteiger partial charge in [-0.15, -0.1) is 0 Å². The standard InChI is InChI=1S/C30H28F2N4O3/c1-4-7-24-33-22-8-5-6-9-23(22)36(24)14-18-12-16(2)25-19(13-18)15-38-28-20(10-11-21(31)27(28)32)26(25)17(3)29-34-30(37)39-35-29/h5-6,8-11,13,16H,4,7,12,14-15H2,1-3H3,(H,34,35,37)/b26-17-. The maximum atomic E-state index is 15.0. The number of halogens is 2. The number of allylic oxidation sites excluding steroid dienone is 4. The third-order valence-electron chi connectivity index (χ3n) is 7.49. The lowest BCUT2D eigenvalue weighted by molar-refractivity contribution is 0.325. The van der Waals surface area contributed by atoms with Crippen molar-refractivity contribution in [2.75, 3.05) is 6.61 Å². The molecule has 0 amide bonds. The number of ether oxygens (including phenoxy) is 1. The Balaban J connectivity index is 1.51. The van der Waals surface area contributed by atoms with Crippen LogP contribution in [0.25, 0.3) is 22.2 Å². The second-order valence-electron chi connectivity index (χ2n) is 10.2. The number of H-pyrrole nitrogens is 1. The van der Waals surface area contributed by atoms with Gasteiger partial charge in [-0.2, -0.15) is 4.39 Å². The van der Waals surface area contributed by atoms with E-state index >= 15 is 4.39 Å². The lowest BCUT2D eigenvalue weighted by atomic mass is 9.77. The third-order valence-corrected chi connectivity index (χ3v) is 7.49. The number of para-hydroxylation sites is 2. The Hall–Kier alpha value is -4.27. The molecule has 200 valence electrons. The van der Waals surface area contributed by atoms with E-state index in [1.165, 1.54) is 11.6 Å². The molecule has 1 N–H and O–H groups in total. The Kier molecular flexibility index (Phi) is 6.29. The van der Waals surface area contributed by atoms with Crippen LogP contribution in [0.2, 0.25) is 0 Å². The van der Waals surface area contributed by atoms with Crippen LogP contribution in [0.5, 0.6) is 5.75 Å². The molecule has 4 aromatic rings. The van der Waals surface area contributed by atoms with Gasteiger partial charge in [-0.3, -0.25) is 9.51 Å². The molecule has 0 bridgehead atoms. The highest BCUT2D eigenvalue weighted by Crippen LogP contribution is 2.47. The first-order chi connectivity index (χ1) is 18.9. The molecule has 6 rings (SSSR count). The van der Waals surface area contributed by atoms with E-state index in [0.717, 1.165) is 53.3 Å². The van der Waals surface area contributed by atoms with Crippen LogP contribution >= 0.6 is 0 Å². The number of imidazole rings is 1. The van der Waals surface area contributed by atoms with Crippen molar-refractivity contribution in [3.05, 3.63) is 98.6 Å². The molecule has 39 heavy (non-hydrogen) atoms. The number of nitrogens with zero attached hydrogens (tertiary/aromatic N) is 3. The van der Waals surface area contributed by atoms with Gasteiger partial charge in [0.2, 0.25) is 5.82 Å². The van der Waals surface area contributed by atoms with Gasteiger partial charge < -0.3 is 9.30 Å². The molecule has 0 fully saturated rings. The van der Waals surface area contributed by atoms with Gasteiger partial charge in [0, 0.05) is 24.1 Å². The molecule has 2 aliphatic rings. The van der Waals surface area contributed by atoms with Gasteiger partial charge in [-0.05, 0) is 72.2 Å². The Morgan fingerprint density at radius 1 is 1.21 bits per heavy atom. The molecule has 2 aromatic heterocycles. The molecule has 9 heteroatoms. The van der Waals surface area contributed by atoms with Crippen LogP contribution in [0.15, 0.2) is 68.5 Å². The van der Waals surface area contributed by atoms with Gasteiger partial charge in [0.05, 0.1) is 11.0 Å². The summed E-state index contributed by atoms with van der Waals surface area (Å²) >= 11 is 0. The van der Waals surface area contributed by atoms with Gasteiger partial charge in [0.1, 0.15) is 12.4 Å². The minimum atomic E-state index is -1.04. The maximum Gasteiger partial charge on any atom is 0.439 e. The fourth-order valence-electron chi connectivity index (χ4n) is 5.83. The summed E-state index contributed by atoms with van der Waals surface area (Å²) in [4.78, 5) is 19.2. The smallest absolute Gasteiger partial charge is 0.439 e. The molecule has 1 unspecified atom stereocenters. The molecular formula is C30H28F2N4O3. The molecule has 1 atom stereocenters. The fraction of sp³-hybridized carbons (Fsp3) is 0.300. The second-order valence-corrected chi connectivity index (χ2v) is 10.2. The predicted molar refractivity (Wildman–Crippen MR) is 144 cm³/mol. The Labute approximate surface area is 223 Å². The lowest BCUT2D eigenvalue weighted by Crippen LogP contribution is -2.17. The van der Waals surface area contributed by atoms with Crippen LogP contribution in [-0.2, 0) is 13.0 Å². The highest BCUT2D eigenvalue weighted by atomic mass is 19.2. The summed E-state index contributed by atoms with van der Waals surface area (Å²) in [6.45, 7) is 6.79. The van der Waals surface area contributed by atoms with Crippen molar-refractivity contribution in [2.45, 2.75) is 46.6 Å². The Morgan fingerprint density at radius 3 is 2.79 bits per heavy atom. The largest absolute Gasteiger partial charge is 0.485 e. The van der Waals surface area contributed by atoms with E-state index in [0.29, 0.717) is 23.3 Å². The van der Waals surface area contributed by atoms with Gasteiger partial charge in [-0.25, -0.2) is 14.2 Å². The topological polar surface area (TPSA) is 85.9 Å². The molecule has 1 aliphatic heterocycles. The molecule has 0 spiro atoms. The van der Waals surface area contributed by atoms with Crippen molar-refractivity contribution in [3.8, 4) is 5.75 Å². The molecule has 7 nitrogen and oxygen atoms in total. The van der Waals surface area contributed by atoms with Gasteiger partial charge in [0.25, 0.3) is 0 Å². The summed E-state index contributed by atoms with van der Waals surface area (Å²) in [5, 5.41) is 3.86. The summed E-state index contributed by atoms with van der Waals surface area (Å²) in [6.07, 6.45) is 4.72. The van der Waals surface area contributed by atoms with Crippen molar-refractivity contribution in [3.63, 3.8) is 0 Å². The number of aromatic nitrogens is 4. The number of hydrogen-bond donors (Lipinski definition) is 1. The van der Waals surface area contributed by atoms with Crippen molar-refractivity contribution >= 4 is 22.2 Å². The fourth-order valence-corrected chi connectivity index (χ4v) is 5.83. The SMILES string of the molecule is CCCc1nc2ccccc2n1CC1=CC2=C(/C(=C(/C)c3noc(=O)[nH]3)c3ccc(F)c(F)c3OC2)C(C)C1. The average Bonchev–Trinajstić information content (AvgIpc) is 3.45. The highest BCUT2D eigenvalue weighted by Gasteiger charge is 2.33. The first-order valence-corrected chi connectivity index (χ1v) is 13.1. The van der Waals surface area contributed by atoms with E-state index in [4.69, 9.17) is 14.2 Å². The number of hydrogen-bond acceptors (Lipinski definition) is 5. The van der Waals surface area contributed by atoms with Crippen molar-refractivity contribution in [1.29, 1.82) is 0 Å². The van der Waals surface area contributed by atoms with Crippen molar-refractivity contribution in [2.24, 2.45) is 5.92 Å². The van der Waals surface area contributed by atoms with E-state index in [2.05, 4.69) is 40.7 Å². The van der Waals surface area contributed by atoms with Crippen molar-refractivity contribution < 1.29 is 18.0 Å². The Bertz CT molecular complexity index is 1760. The van der Waals surface area contributed by atoms with E-state index < -0.39 is 17.4 Å². The summed E-state index contributed by atoms with van der Waals surface area (Å²) < 4.78 is 42.2. The quantitative estimate of drug-likeness (QED) is 0.331. The first kappa shape index (κ1) is 25.0. The molecule has 0 saturated heterocycles. The minimum Gasteiger partial charge on any atom is -0.485 e. The third kappa shape index (κ3) is 4.31. The summed E-state index contributed by atoms with van der Waals surface area (Å²) in [5.41, 5.74) is 6.73. The van der Waals surface area contributed by atoms with Gasteiger partial charge in [0.15, 0.2) is 17.4 Å². The number of aryl methyl sites for hydroxylation is 1. The van der Waals surface area contributed by atoms with Crippen LogP contribution in [0.4, 0.5) is 8.78 Å². The second kappa shape index (κ2) is 9.80. The number of nitrogens with one attached hydrogen (secondary N) is 1. The van der Waals surface area contributed by atoms with E-state index in [9.17, 15) is 9.18 Å². The van der Waals surface area contributed by atoms with Crippen LogP contribution in [0.1, 0.15) is 50.8 Å². The first-order valence-electron chi connectivity index (χ1n) is 13.1. The van der Waals surface area contributed by atoms with Crippen molar-refractivity contribution in [1.82, 2.24) is 19.7 Å². The zero-order chi connectivity index (χ0) is 27.3. The molecule has 0 saturated carbocycles.